The molecule has 1 aromatic rings. The van der Waals surface area contributed by atoms with Gasteiger partial charge in [0.05, 0.1) is 6.10 Å². The van der Waals surface area contributed by atoms with Gasteiger partial charge >= 0.3 is 0 Å². The lowest BCUT2D eigenvalue weighted by molar-refractivity contribution is -0.114. The Morgan fingerprint density at radius 3 is 2.88 bits per heavy atom. The fourth-order valence-electron chi connectivity index (χ4n) is 2.38. The number of rotatable bonds is 5. The molecule has 1 heterocycles. The van der Waals surface area contributed by atoms with Gasteiger partial charge in [0.2, 0.25) is 0 Å². The Bertz CT molecular complexity index is 377. The van der Waals surface area contributed by atoms with Crippen LogP contribution in [-0.4, -0.2) is 18.8 Å². The third kappa shape index (κ3) is 2.75. The van der Waals surface area contributed by atoms with E-state index in [9.17, 15) is 0 Å². The van der Waals surface area contributed by atoms with E-state index in [1.54, 1.807) is 11.3 Å². The largest absolute Gasteiger partial charge is 0.378 e. The second kappa shape index (κ2) is 5.39. The number of nitrogens with one attached hydrogen (secondary N) is 1. The van der Waals surface area contributed by atoms with Crippen LogP contribution in [0.5, 0.6) is 0 Å². The number of halogens is 1. The van der Waals surface area contributed by atoms with Crippen LogP contribution in [0.25, 0.3) is 0 Å². The van der Waals surface area contributed by atoms with Gasteiger partial charge in [-0.15, -0.1) is 11.3 Å². The Hall–Kier alpha value is 0.100. The van der Waals surface area contributed by atoms with Crippen molar-refractivity contribution in [1.29, 1.82) is 0 Å². The van der Waals surface area contributed by atoms with E-state index in [1.807, 2.05) is 0 Å². The zero-order valence-corrected chi connectivity index (χ0v) is 13.0. The van der Waals surface area contributed by atoms with Gasteiger partial charge in [-0.2, -0.15) is 0 Å². The van der Waals surface area contributed by atoms with Gasteiger partial charge in [-0.1, -0.05) is 13.8 Å². The average Bonchev–Trinajstić information content (AvgIpc) is 2.68. The lowest BCUT2D eigenvalue weighted by atomic mass is 9.64. The SMILES string of the molecule is CCOC1CC(NCc2sccc2Br)C1(C)C. The second-order valence-corrected chi connectivity index (χ2v) is 6.98. The van der Waals surface area contributed by atoms with Gasteiger partial charge in [0.25, 0.3) is 0 Å². The summed E-state index contributed by atoms with van der Waals surface area (Å²) in [5, 5.41) is 5.76. The Balaban J connectivity index is 1.84. The Morgan fingerprint density at radius 1 is 1.59 bits per heavy atom. The fraction of sp³-hybridized carbons (Fsp3) is 0.692. The van der Waals surface area contributed by atoms with E-state index >= 15 is 0 Å². The zero-order chi connectivity index (χ0) is 12.5. The van der Waals surface area contributed by atoms with E-state index in [4.69, 9.17) is 4.74 Å². The van der Waals surface area contributed by atoms with Crippen LogP contribution in [0, 0.1) is 5.41 Å². The highest BCUT2D eigenvalue weighted by Crippen LogP contribution is 2.43. The van der Waals surface area contributed by atoms with Crippen LogP contribution in [0.1, 0.15) is 32.1 Å². The normalized spacial score (nSPS) is 26.8. The van der Waals surface area contributed by atoms with Crippen molar-refractivity contribution in [2.75, 3.05) is 6.61 Å². The van der Waals surface area contributed by atoms with Crippen molar-refractivity contribution in [3.8, 4) is 0 Å². The van der Waals surface area contributed by atoms with E-state index in [1.165, 1.54) is 9.35 Å². The molecule has 1 N–H and O–H groups in total. The summed E-state index contributed by atoms with van der Waals surface area (Å²) in [5.41, 5.74) is 0.250. The summed E-state index contributed by atoms with van der Waals surface area (Å²) in [4.78, 5) is 1.38. The molecule has 96 valence electrons. The maximum Gasteiger partial charge on any atom is 0.0655 e. The molecule has 4 heteroatoms. The van der Waals surface area contributed by atoms with Gasteiger partial charge < -0.3 is 10.1 Å². The first-order valence-corrected chi connectivity index (χ1v) is 7.79. The Kier molecular flexibility index (Phi) is 4.29. The van der Waals surface area contributed by atoms with Gasteiger partial charge in [-0.25, -0.2) is 0 Å². The number of hydrogen-bond acceptors (Lipinski definition) is 3. The van der Waals surface area contributed by atoms with E-state index in [-0.39, 0.29) is 5.41 Å². The summed E-state index contributed by atoms with van der Waals surface area (Å²) >= 11 is 5.36. The minimum Gasteiger partial charge on any atom is -0.378 e. The molecule has 0 aliphatic heterocycles. The summed E-state index contributed by atoms with van der Waals surface area (Å²) in [7, 11) is 0. The van der Waals surface area contributed by atoms with Crippen molar-refractivity contribution < 1.29 is 4.74 Å². The Morgan fingerprint density at radius 2 is 2.35 bits per heavy atom. The van der Waals surface area contributed by atoms with Crippen molar-refractivity contribution in [2.45, 2.75) is 45.9 Å². The topological polar surface area (TPSA) is 21.3 Å². The fourth-order valence-corrected chi connectivity index (χ4v) is 3.83. The first-order valence-electron chi connectivity index (χ1n) is 6.12. The predicted molar refractivity (Wildman–Crippen MR) is 76.5 cm³/mol. The lowest BCUT2D eigenvalue weighted by Crippen LogP contribution is -2.60. The molecule has 0 aromatic carbocycles. The smallest absolute Gasteiger partial charge is 0.0655 e. The minimum absolute atomic E-state index is 0.250. The molecular weight excluding hydrogens is 298 g/mol. The summed E-state index contributed by atoms with van der Waals surface area (Å²) in [6, 6.07) is 2.67. The number of ether oxygens (including phenoxy) is 1. The van der Waals surface area contributed by atoms with Crippen LogP contribution in [0.15, 0.2) is 15.9 Å². The molecule has 2 rings (SSSR count). The van der Waals surface area contributed by atoms with Crippen LogP contribution in [0.2, 0.25) is 0 Å². The summed E-state index contributed by atoms with van der Waals surface area (Å²) < 4.78 is 6.95. The number of hydrogen-bond donors (Lipinski definition) is 1. The van der Waals surface area contributed by atoms with Gasteiger partial charge in [0.15, 0.2) is 0 Å². The first kappa shape index (κ1) is 13.5. The molecule has 0 radical (unpaired) electrons. The summed E-state index contributed by atoms with van der Waals surface area (Å²) in [5.74, 6) is 0. The molecule has 1 fully saturated rings. The van der Waals surface area contributed by atoms with E-state index < -0.39 is 0 Å². The molecule has 1 aromatic heterocycles. The standard InChI is InChI=1S/C13H20BrNOS/c1-4-16-12-7-11(13(12,2)3)15-8-10-9(14)5-6-17-10/h5-6,11-12,15H,4,7-8H2,1-3H3. The highest BCUT2D eigenvalue weighted by molar-refractivity contribution is 9.10. The molecule has 0 saturated heterocycles. The first-order chi connectivity index (χ1) is 8.05. The molecule has 2 unspecified atom stereocenters. The maximum atomic E-state index is 5.74. The quantitative estimate of drug-likeness (QED) is 0.891. The molecule has 1 aliphatic rings. The van der Waals surface area contributed by atoms with Gasteiger partial charge in [0.1, 0.15) is 0 Å². The van der Waals surface area contributed by atoms with Crippen molar-refractivity contribution >= 4 is 27.3 Å². The lowest BCUT2D eigenvalue weighted by Gasteiger charge is -2.52. The molecule has 2 atom stereocenters. The maximum absolute atomic E-state index is 5.74. The van der Waals surface area contributed by atoms with Crippen LogP contribution >= 0.6 is 27.3 Å². The molecule has 17 heavy (non-hydrogen) atoms. The molecule has 2 nitrogen and oxygen atoms in total. The van der Waals surface area contributed by atoms with Crippen LogP contribution in [0.3, 0.4) is 0 Å². The van der Waals surface area contributed by atoms with E-state index in [0.717, 1.165) is 19.6 Å². The molecule has 0 amide bonds. The van der Waals surface area contributed by atoms with Gasteiger partial charge in [-0.3, -0.25) is 0 Å². The third-order valence-electron chi connectivity index (χ3n) is 3.75. The second-order valence-electron chi connectivity index (χ2n) is 5.13. The van der Waals surface area contributed by atoms with Crippen LogP contribution in [0.4, 0.5) is 0 Å². The van der Waals surface area contributed by atoms with Gasteiger partial charge in [0, 0.05) is 34.0 Å². The average molecular weight is 318 g/mol. The van der Waals surface area contributed by atoms with E-state index in [2.05, 4.69) is 53.5 Å². The van der Waals surface area contributed by atoms with E-state index in [0.29, 0.717) is 12.1 Å². The Labute approximate surface area is 116 Å². The van der Waals surface area contributed by atoms with Crippen molar-refractivity contribution in [2.24, 2.45) is 5.41 Å². The minimum atomic E-state index is 0.250. The summed E-state index contributed by atoms with van der Waals surface area (Å²) in [6.07, 6.45) is 1.54. The molecular formula is C13H20BrNOS. The van der Waals surface area contributed by atoms with Crippen molar-refractivity contribution in [3.63, 3.8) is 0 Å². The monoisotopic (exact) mass is 317 g/mol. The highest BCUT2D eigenvalue weighted by atomic mass is 79.9. The molecule has 0 bridgehead atoms. The van der Waals surface area contributed by atoms with Crippen LogP contribution < -0.4 is 5.32 Å². The molecule has 0 spiro atoms. The predicted octanol–water partition coefficient (Wildman–Crippen LogP) is 3.80. The van der Waals surface area contributed by atoms with Gasteiger partial charge in [-0.05, 0) is 40.7 Å². The third-order valence-corrected chi connectivity index (χ3v) is 5.67. The number of thiophene rings is 1. The summed E-state index contributed by atoms with van der Waals surface area (Å²) in [6.45, 7) is 8.41. The van der Waals surface area contributed by atoms with Crippen molar-refractivity contribution in [1.82, 2.24) is 5.32 Å². The molecule has 1 saturated carbocycles. The zero-order valence-electron chi connectivity index (χ0n) is 10.6. The van der Waals surface area contributed by atoms with Crippen LogP contribution in [-0.2, 0) is 11.3 Å². The highest BCUT2D eigenvalue weighted by Gasteiger charge is 2.48. The van der Waals surface area contributed by atoms with Crippen molar-refractivity contribution in [3.05, 3.63) is 20.8 Å². The molecule has 1 aliphatic carbocycles.